The van der Waals surface area contributed by atoms with Gasteiger partial charge in [0.1, 0.15) is 5.52 Å². The third-order valence-electron chi connectivity index (χ3n) is 4.51. The molecule has 0 bridgehead atoms. The molecular formula is C22H17N3O3. The lowest BCUT2D eigenvalue weighted by Gasteiger charge is -2.18. The number of aromatic nitrogens is 2. The first-order chi connectivity index (χ1) is 13.7. The number of amides is 1. The van der Waals surface area contributed by atoms with E-state index in [-0.39, 0.29) is 29.0 Å². The summed E-state index contributed by atoms with van der Waals surface area (Å²) >= 11 is 0. The molecule has 1 amide bonds. The Morgan fingerprint density at radius 3 is 2.21 bits per heavy atom. The minimum atomic E-state index is -0.604. The predicted octanol–water partition coefficient (Wildman–Crippen LogP) is 3.50. The van der Waals surface area contributed by atoms with Gasteiger partial charge in [-0.3, -0.25) is 4.79 Å². The smallest absolute Gasteiger partial charge is 0.299 e. The van der Waals surface area contributed by atoms with Crippen LogP contribution in [-0.2, 0) is 6.54 Å². The molecule has 0 aliphatic carbocycles. The molecule has 0 aliphatic heterocycles. The second-order valence-electron chi connectivity index (χ2n) is 6.31. The van der Waals surface area contributed by atoms with Gasteiger partial charge in [-0.15, -0.1) is 0 Å². The molecule has 0 unspecified atom stereocenters. The summed E-state index contributed by atoms with van der Waals surface area (Å²) in [5.41, 5.74) is 1.54. The maximum absolute atomic E-state index is 13.1. The first kappa shape index (κ1) is 17.5. The number of fused-ring (bicyclic) bond motifs is 1. The molecule has 3 aromatic carbocycles. The number of rotatable bonds is 4. The van der Waals surface area contributed by atoms with Crippen molar-refractivity contribution in [3.63, 3.8) is 0 Å². The van der Waals surface area contributed by atoms with Crippen LogP contribution in [-0.4, -0.2) is 10.6 Å². The average Bonchev–Trinajstić information content (AvgIpc) is 2.75. The zero-order chi connectivity index (χ0) is 19.5. The van der Waals surface area contributed by atoms with Crippen molar-refractivity contribution >= 4 is 16.9 Å². The summed E-state index contributed by atoms with van der Waals surface area (Å²) in [6, 6.07) is 24.5. The summed E-state index contributed by atoms with van der Waals surface area (Å²) in [7, 11) is 0. The summed E-state index contributed by atoms with van der Waals surface area (Å²) in [5.74, 6) is -0.604. The van der Waals surface area contributed by atoms with E-state index in [0.717, 1.165) is 5.56 Å². The monoisotopic (exact) mass is 371 g/mol. The highest BCUT2D eigenvalue weighted by Gasteiger charge is 2.28. The van der Waals surface area contributed by atoms with Crippen LogP contribution in [0.5, 0.6) is 0 Å². The highest BCUT2D eigenvalue weighted by atomic mass is 16.5. The Labute approximate surface area is 160 Å². The second kappa shape index (κ2) is 7.36. The molecule has 28 heavy (non-hydrogen) atoms. The molecule has 1 N–H and O–H groups in total. The maximum atomic E-state index is 13.1. The summed E-state index contributed by atoms with van der Waals surface area (Å²) < 4.78 is 1.18. The van der Waals surface area contributed by atoms with E-state index < -0.39 is 5.91 Å². The van der Waals surface area contributed by atoms with Crippen molar-refractivity contribution in [2.24, 2.45) is 0 Å². The zero-order valence-corrected chi connectivity index (χ0v) is 14.9. The van der Waals surface area contributed by atoms with Crippen LogP contribution in [0.4, 0.5) is 0 Å². The molecule has 0 radical (unpaired) electrons. The minimum Gasteiger partial charge on any atom is -0.805 e. The quantitative estimate of drug-likeness (QED) is 0.558. The number of carbonyl (C=O) groups excluding carboxylic acids is 1. The van der Waals surface area contributed by atoms with Crippen molar-refractivity contribution in [3.8, 4) is 11.3 Å². The molecule has 4 rings (SSSR count). The lowest BCUT2D eigenvalue weighted by molar-refractivity contribution is -0.452. The fourth-order valence-corrected chi connectivity index (χ4v) is 3.15. The number of hydrogen-bond donors (Lipinski definition) is 1. The van der Waals surface area contributed by atoms with Crippen LogP contribution in [0.3, 0.4) is 0 Å². The molecule has 138 valence electrons. The lowest BCUT2D eigenvalue weighted by atomic mass is 10.1. The van der Waals surface area contributed by atoms with Crippen molar-refractivity contribution in [2.75, 3.05) is 0 Å². The first-order valence-electron chi connectivity index (χ1n) is 8.82. The van der Waals surface area contributed by atoms with Gasteiger partial charge in [-0.1, -0.05) is 60.7 Å². The van der Waals surface area contributed by atoms with Gasteiger partial charge in [0.25, 0.3) is 17.1 Å². The van der Waals surface area contributed by atoms with E-state index in [9.17, 15) is 14.9 Å². The topological polar surface area (TPSA) is 80.1 Å². The van der Waals surface area contributed by atoms with Gasteiger partial charge in [-0.2, -0.15) is 0 Å². The van der Waals surface area contributed by atoms with Gasteiger partial charge in [0.2, 0.25) is 0 Å². The Kier molecular flexibility index (Phi) is 4.60. The van der Waals surface area contributed by atoms with Gasteiger partial charge in [-0.25, -0.2) is 0 Å². The second-order valence-corrected chi connectivity index (χ2v) is 6.31. The summed E-state index contributed by atoms with van der Waals surface area (Å²) in [6.07, 6.45) is 0. The van der Waals surface area contributed by atoms with Gasteiger partial charge in [0.05, 0.1) is 9.99 Å². The Hall–Kier alpha value is -3.93. The van der Waals surface area contributed by atoms with Crippen molar-refractivity contribution in [1.29, 1.82) is 0 Å². The number of nitrogens with one attached hydrogen (secondary N) is 1. The van der Waals surface area contributed by atoms with Crippen LogP contribution < -0.4 is 9.74 Å². The fraction of sp³-hybridized carbons (Fsp3) is 0.0455. The van der Waals surface area contributed by atoms with Crippen molar-refractivity contribution < 1.29 is 9.22 Å². The molecule has 1 heterocycles. The molecule has 0 saturated heterocycles. The van der Waals surface area contributed by atoms with Crippen LogP contribution in [0.25, 0.3) is 22.3 Å². The first-order valence-corrected chi connectivity index (χ1v) is 8.82. The van der Waals surface area contributed by atoms with Gasteiger partial charge in [0, 0.05) is 17.5 Å². The molecule has 0 spiro atoms. The standard InChI is InChI=1S/C22H17N3O3/c26-22(23-15-16-9-3-1-4-10-16)21-20(17-11-5-2-6-12-17)24(27)18-13-7-8-14-19(18)25(21)28/h1-14H,15H2,(H,23,26). The molecule has 4 aromatic rings. The fourth-order valence-electron chi connectivity index (χ4n) is 3.15. The van der Waals surface area contributed by atoms with E-state index >= 15 is 0 Å². The van der Waals surface area contributed by atoms with Crippen LogP contribution >= 0.6 is 0 Å². The normalized spacial score (nSPS) is 10.7. The number of carbonyl (C=O) groups is 1. The van der Waals surface area contributed by atoms with Crippen molar-refractivity contribution in [2.45, 2.75) is 6.54 Å². The Bertz CT molecular complexity index is 1200. The third-order valence-corrected chi connectivity index (χ3v) is 4.51. The van der Waals surface area contributed by atoms with Crippen LogP contribution in [0.2, 0.25) is 0 Å². The zero-order valence-electron chi connectivity index (χ0n) is 14.9. The number of hydrogen-bond acceptors (Lipinski definition) is 3. The van der Waals surface area contributed by atoms with Crippen LogP contribution in [0.15, 0.2) is 84.9 Å². The third kappa shape index (κ3) is 3.12. The molecule has 0 atom stereocenters. The molecule has 0 saturated carbocycles. The van der Waals surface area contributed by atoms with E-state index in [0.29, 0.717) is 14.7 Å². The number of nitrogens with zero attached hydrogens (tertiary/aromatic N) is 2. The Morgan fingerprint density at radius 2 is 1.50 bits per heavy atom. The van der Waals surface area contributed by atoms with E-state index in [4.69, 9.17) is 0 Å². The highest BCUT2D eigenvalue weighted by Crippen LogP contribution is 2.23. The summed E-state index contributed by atoms with van der Waals surface area (Å²) in [6.45, 7) is 0.250. The molecule has 0 aliphatic rings. The van der Waals surface area contributed by atoms with Gasteiger partial charge >= 0.3 is 0 Å². The van der Waals surface area contributed by atoms with Crippen LogP contribution in [0.1, 0.15) is 16.1 Å². The van der Waals surface area contributed by atoms with Gasteiger partial charge in [-0.05, 0) is 23.8 Å². The predicted molar refractivity (Wildman–Crippen MR) is 107 cm³/mol. The Morgan fingerprint density at radius 1 is 0.893 bits per heavy atom. The van der Waals surface area contributed by atoms with E-state index in [1.807, 2.05) is 30.3 Å². The number of benzene rings is 3. The van der Waals surface area contributed by atoms with Gasteiger partial charge in [0.15, 0.2) is 5.69 Å². The summed E-state index contributed by atoms with van der Waals surface area (Å²) in [4.78, 5) is 26.0. The average molecular weight is 371 g/mol. The van der Waals surface area contributed by atoms with Crippen LogP contribution in [0, 0.1) is 10.1 Å². The van der Waals surface area contributed by atoms with E-state index in [2.05, 4.69) is 5.32 Å². The Balaban J connectivity index is 1.87. The molecule has 6 heteroatoms. The van der Waals surface area contributed by atoms with E-state index in [1.165, 1.54) is 6.07 Å². The van der Waals surface area contributed by atoms with Gasteiger partial charge < -0.3 is 15.3 Å². The highest BCUT2D eigenvalue weighted by molar-refractivity contribution is 5.99. The largest absolute Gasteiger partial charge is 0.805 e. The maximum Gasteiger partial charge on any atom is 0.299 e. The molecule has 1 aromatic heterocycles. The number of para-hydroxylation sites is 2. The molecule has 0 fully saturated rings. The molecular weight excluding hydrogens is 354 g/mol. The SMILES string of the molecule is O=C(NCc1ccccc1)c1c(-c2ccccc2)[n+](=O)c2ccccc2n1[O-]. The summed E-state index contributed by atoms with van der Waals surface area (Å²) in [5, 5.41) is 15.8. The minimum absolute atomic E-state index is 0.0276. The van der Waals surface area contributed by atoms with Crippen molar-refractivity contribution in [3.05, 3.63) is 106 Å². The molecule has 6 nitrogen and oxygen atoms in total. The van der Waals surface area contributed by atoms with E-state index in [1.54, 1.807) is 48.5 Å². The van der Waals surface area contributed by atoms with Crippen molar-refractivity contribution in [1.82, 2.24) is 10.0 Å². The lowest BCUT2D eigenvalue weighted by Crippen LogP contribution is -2.32.